The van der Waals surface area contributed by atoms with Gasteiger partial charge in [-0.25, -0.2) is 9.97 Å². The molecule has 2 aliphatic rings. The van der Waals surface area contributed by atoms with Gasteiger partial charge in [0.15, 0.2) is 5.16 Å². The average Bonchev–Trinajstić information content (AvgIpc) is 3.30. The van der Waals surface area contributed by atoms with Gasteiger partial charge >= 0.3 is 0 Å². The van der Waals surface area contributed by atoms with Crippen LogP contribution in [0, 0.1) is 5.92 Å². The molecule has 2 aromatic heterocycles. The molecule has 2 fully saturated rings. The molecular formula is C23H28N8OS. The number of carbonyl (C=O) groups excluding carboxylic acids is 1. The highest BCUT2D eigenvalue weighted by Crippen LogP contribution is 2.31. The average molecular weight is 465 g/mol. The molecule has 0 spiro atoms. The van der Waals surface area contributed by atoms with Crippen molar-refractivity contribution in [3.8, 4) is 0 Å². The van der Waals surface area contributed by atoms with E-state index in [0.717, 1.165) is 48.1 Å². The number of aromatic amines is 1. The predicted octanol–water partition coefficient (Wildman–Crippen LogP) is 3.95. The first-order chi connectivity index (χ1) is 16.2. The van der Waals surface area contributed by atoms with Gasteiger partial charge in [0.2, 0.25) is 5.91 Å². The number of aromatic nitrogens is 4. The maximum atomic E-state index is 12.0. The standard InChI is InChI=1S/C23H28N8OS/c32-22(16-3-4-16)26-17-5-7-18(8-6-17)33-23-28-20(24-11-14-31-12-1-2-13-31)15-21(29-23)27-19-9-10-25-30-19/h5-10,15-16H,1-4,11-14H2,(H,26,32)(H3,24,25,27,28,29,30). The molecule has 0 unspecified atom stereocenters. The van der Waals surface area contributed by atoms with Crippen molar-refractivity contribution >= 4 is 40.8 Å². The SMILES string of the molecule is O=C(Nc1ccc(Sc2nc(NCCN3CCCC3)cc(Nc3ccn[nH]3)n2)cc1)C1CC1. The molecular weight excluding hydrogens is 436 g/mol. The number of nitrogens with zero attached hydrogens (tertiary/aromatic N) is 4. The zero-order chi connectivity index (χ0) is 22.5. The fourth-order valence-corrected chi connectivity index (χ4v) is 4.51. The van der Waals surface area contributed by atoms with Gasteiger partial charge < -0.3 is 20.9 Å². The van der Waals surface area contributed by atoms with Crippen molar-refractivity contribution in [2.24, 2.45) is 5.92 Å². The van der Waals surface area contributed by atoms with Crippen molar-refractivity contribution in [3.05, 3.63) is 42.6 Å². The minimum absolute atomic E-state index is 0.112. The Morgan fingerprint density at radius 2 is 1.88 bits per heavy atom. The summed E-state index contributed by atoms with van der Waals surface area (Å²) in [6.07, 6.45) is 6.26. The van der Waals surface area contributed by atoms with E-state index in [9.17, 15) is 4.79 Å². The van der Waals surface area contributed by atoms with Crippen LogP contribution >= 0.6 is 11.8 Å². The van der Waals surface area contributed by atoms with E-state index in [1.54, 1.807) is 6.20 Å². The Kier molecular flexibility index (Phi) is 6.73. The molecule has 5 rings (SSSR count). The van der Waals surface area contributed by atoms with Gasteiger partial charge in [-0.15, -0.1) is 0 Å². The van der Waals surface area contributed by atoms with Gasteiger partial charge in [0.05, 0.1) is 6.20 Å². The first-order valence-corrected chi connectivity index (χ1v) is 12.2. The second-order valence-corrected chi connectivity index (χ2v) is 9.42. The van der Waals surface area contributed by atoms with E-state index in [2.05, 4.69) is 36.0 Å². The van der Waals surface area contributed by atoms with Crippen LogP contribution in [0.4, 0.5) is 23.1 Å². The first kappa shape index (κ1) is 21.7. The van der Waals surface area contributed by atoms with E-state index in [1.807, 2.05) is 36.4 Å². The molecule has 1 aromatic carbocycles. The Labute approximate surface area is 197 Å². The number of hydrogen-bond donors (Lipinski definition) is 4. The van der Waals surface area contributed by atoms with E-state index in [4.69, 9.17) is 4.98 Å². The second-order valence-electron chi connectivity index (χ2n) is 8.38. The fourth-order valence-electron chi connectivity index (χ4n) is 3.74. The highest BCUT2D eigenvalue weighted by atomic mass is 32.2. The van der Waals surface area contributed by atoms with Crippen LogP contribution in [0.25, 0.3) is 0 Å². The number of likely N-dealkylation sites (tertiary alicyclic amines) is 1. The van der Waals surface area contributed by atoms with Gasteiger partial charge in [-0.2, -0.15) is 5.10 Å². The molecule has 1 saturated heterocycles. The smallest absolute Gasteiger partial charge is 0.227 e. The lowest BCUT2D eigenvalue weighted by molar-refractivity contribution is -0.117. The van der Waals surface area contributed by atoms with Crippen LogP contribution in [0.1, 0.15) is 25.7 Å². The minimum Gasteiger partial charge on any atom is -0.369 e. The number of benzene rings is 1. The van der Waals surface area contributed by atoms with Gasteiger partial charge in [-0.1, -0.05) is 0 Å². The monoisotopic (exact) mass is 464 g/mol. The number of H-pyrrole nitrogens is 1. The van der Waals surface area contributed by atoms with Gasteiger partial charge in [0.1, 0.15) is 17.5 Å². The van der Waals surface area contributed by atoms with Crippen molar-refractivity contribution in [3.63, 3.8) is 0 Å². The van der Waals surface area contributed by atoms with Gasteiger partial charge in [-0.3, -0.25) is 9.89 Å². The number of amides is 1. The van der Waals surface area contributed by atoms with E-state index < -0.39 is 0 Å². The fraction of sp³-hybridized carbons (Fsp3) is 0.391. The normalized spacial score (nSPS) is 16.0. The number of hydrogen-bond acceptors (Lipinski definition) is 8. The maximum absolute atomic E-state index is 12.0. The molecule has 3 aromatic rings. The summed E-state index contributed by atoms with van der Waals surface area (Å²) in [6.45, 7) is 4.19. The van der Waals surface area contributed by atoms with Crippen molar-refractivity contribution < 1.29 is 4.79 Å². The molecule has 1 amide bonds. The van der Waals surface area contributed by atoms with Crippen LogP contribution in [-0.4, -0.2) is 57.2 Å². The summed E-state index contributed by atoms with van der Waals surface area (Å²) in [5.74, 6) is 2.54. The Balaban J connectivity index is 1.26. The lowest BCUT2D eigenvalue weighted by Gasteiger charge is -2.15. The summed E-state index contributed by atoms with van der Waals surface area (Å²) in [6, 6.07) is 11.6. The zero-order valence-electron chi connectivity index (χ0n) is 18.4. The van der Waals surface area contributed by atoms with E-state index >= 15 is 0 Å². The molecule has 1 saturated carbocycles. The molecule has 172 valence electrons. The topological polar surface area (TPSA) is 111 Å². The first-order valence-electron chi connectivity index (χ1n) is 11.4. The van der Waals surface area contributed by atoms with E-state index in [1.165, 1.54) is 37.7 Å². The molecule has 33 heavy (non-hydrogen) atoms. The zero-order valence-corrected chi connectivity index (χ0v) is 19.2. The number of rotatable bonds is 10. The van der Waals surface area contributed by atoms with Gasteiger partial charge in [0, 0.05) is 41.7 Å². The van der Waals surface area contributed by atoms with Crippen molar-refractivity contribution in [2.45, 2.75) is 35.7 Å². The molecule has 10 heteroatoms. The van der Waals surface area contributed by atoms with E-state index in [0.29, 0.717) is 11.0 Å². The second kappa shape index (κ2) is 10.2. The Morgan fingerprint density at radius 3 is 2.61 bits per heavy atom. The Hall–Kier alpha value is -3.11. The third-order valence-corrected chi connectivity index (χ3v) is 6.55. The summed E-state index contributed by atoms with van der Waals surface area (Å²) in [7, 11) is 0. The van der Waals surface area contributed by atoms with Crippen LogP contribution in [0.3, 0.4) is 0 Å². The third kappa shape index (κ3) is 6.23. The molecule has 0 atom stereocenters. The molecule has 4 N–H and O–H groups in total. The quantitative estimate of drug-likeness (QED) is 0.334. The Bertz CT molecular complexity index is 1060. The van der Waals surface area contributed by atoms with Gasteiger partial charge in [-0.05, 0) is 74.8 Å². The summed E-state index contributed by atoms with van der Waals surface area (Å²) < 4.78 is 0. The highest BCUT2D eigenvalue weighted by Gasteiger charge is 2.29. The van der Waals surface area contributed by atoms with Crippen molar-refractivity contribution in [1.29, 1.82) is 0 Å². The summed E-state index contributed by atoms with van der Waals surface area (Å²) >= 11 is 1.48. The van der Waals surface area contributed by atoms with Crippen LogP contribution in [0.15, 0.2) is 52.6 Å². The third-order valence-electron chi connectivity index (χ3n) is 5.68. The van der Waals surface area contributed by atoms with E-state index in [-0.39, 0.29) is 11.8 Å². The number of nitrogens with one attached hydrogen (secondary N) is 4. The van der Waals surface area contributed by atoms with Crippen LogP contribution in [-0.2, 0) is 4.79 Å². The molecule has 0 bridgehead atoms. The van der Waals surface area contributed by atoms with Crippen LogP contribution < -0.4 is 16.0 Å². The van der Waals surface area contributed by atoms with Gasteiger partial charge in [0.25, 0.3) is 0 Å². The predicted molar refractivity (Wildman–Crippen MR) is 130 cm³/mol. The van der Waals surface area contributed by atoms with Crippen molar-refractivity contribution in [2.75, 3.05) is 42.1 Å². The Morgan fingerprint density at radius 1 is 1.09 bits per heavy atom. The lowest BCUT2D eigenvalue weighted by Crippen LogP contribution is -2.26. The lowest BCUT2D eigenvalue weighted by atomic mass is 10.3. The maximum Gasteiger partial charge on any atom is 0.227 e. The largest absolute Gasteiger partial charge is 0.369 e. The summed E-state index contributed by atoms with van der Waals surface area (Å²) in [4.78, 5) is 24.8. The van der Waals surface area contributed by atoms with Crippen molar-refractivity contribution in [1.82, 2.24) is 25.1 Å². The minimum atomic E-state index is 0.112. The van der Waals surface area contributed by atoms with Crippen LogP contribution in [0.5, 0.6) is 0 Å². The number of anilines is 4. The number of carbonyl (C=O) groups is 1. The highest BCUT2D eigenvalue weighted by molar-refractivity contribution is 7.99. The summed E-state index contributed by atoms with van der Waals surface area (Å²) in [5.41, 5.74) is 0.816. The molecule has 1 aliphatic heterocycles. The molecule has 1 aliphatic carbocycles. The summed E-state index contributed by atoms with van der Waals surface area (Å²) in [5, 5.41) is 17.2. The molecule has 3 heterocycles. The molecule has 0 radical (unpaired) electrons. The van der Waals surface area contributed by atoms with Crippen LogP contribution in [0.2, 0.25) is 0 Å². The molecule has 9 nitrogen and oxygen atoms in total.